The van der Waals surface area contributed by atoms with Gasteiger partial charge in [0.1, 0.15) is 6.20 Å². The van der Waals surface area contributed by atoms with E-state index in [4.69, 9.17) is 11.6 Å². The second kappa shape index (κ2) is 3.09. The fourth-order valence-electron chi connectivity index (χ4n) is 0.866. The molecular formula is C5H8N6O2. The number of rotatable bonds is 2. The molecule has 0 amide bonds. The summed E-state index contributed by atoms with van der Waals surface area (Å²) >= 11 is 0. The number of hydrogen-bond donors (Lipinski definition) is 2. The van der Waals surface area contributed by atoms with Crippen LogP contribution in [0.1, 0.15) is 5.82 Å². The Hall–Kier alpha value is -2.12. The van der Waals surface area contributed by atoms with Crippen molar-refractivity contribution in [3.63, 3.8) is 0 Å². The molecule has 13 heavy (non-hydrogen) atoms. The van der Waals surface area contributed by atoms with Crippen molar-refractivity contribution in [1.82, 2.24) is 9.55 Å². The van der Waals surface area contributed by atoms with E-state index < -0.39 is 4.92 Å². The predicted molar refractivity (Wildman–Crippen MR) is 44.8 cm³/mol. The maximum atomic E-state index is 10.4. The van der Waals surface area contributed by atoms with Crippen molar-refractivity contribution in [3.05, 3.63) is 22.1 Å². The Labute approximate surface area is 73.0 Å². The highest BCUT2D eigenvalue weighted by molar-refractivity contribution is 5.94. The normalized spacial score (nSPS) is 11.6. The van der Waals surface area contributed by atoms with Gasteiger partial charge in [-0.3, -0.25) is 0 Å². The summed E-state index contributed by atoms with van der Waals surface area (Å²) in [7, 11) is 1.46. The quantitative estimate of drug-likeness (QED) is 0.198. The Kier molecular flexibility index (Phi) is 2.13. The highest BCUT2D eigenvalue weighted by atomic mass is 16.6. The van der Waals surface area contributed by atoms with Crippen LogP contribution in [0.5, 0.6) is 0 Å². The van der Waals surface area contributed by atoms with Crippen LogP contribution in [0.2, 0.25) is 0 Å². The zero-order valence-electron chi connectivity index (χ0n) is 6.84. The third-order valence-electron chi connectivity index (χ3n) is 1.52. The smallest absolute Gasteiger partial charge is 0.343 e. The van der Waals surface area contributed by atoms with Gasteiger partial charge in [0.25, 0.3) is 5.82 Å². The van der Waals surface area contributed by atoms with E-state index in [0.717, 1.165) is 6.20 Å². The second-order valence-corrected chi connectivity index (χ2v) is 2.27. The van der Waals surface area contributed by atoms with Gasteiger partial charge in [0, 0.05) is 0 Å². The fraction of sp³-hybridized carbons (Fsp3) is 0.200. The molecule has 0 fully saturated rings. The molecule has 0 spiro atoms. The number of hydrogen-bond acceptors (Lipinski definition) is 5. The van der Waals surface area contributed by atoms with Crippen LogP contribution in [-0.2, 0) is 7.05 Å². The van der Waals surface area contributed by atoms with E-state index >= 15 is 0 Å². The van der Waals surface area contributed by atoms with Crippen LogP contribution in [0, 0.1) is 10.1 Å². The van der Waals surface area contributed by atoms with Gasteiger partial charge in [0.05, 0.1) is 7.05 Å². The fourth-order valence-corrected chi connectivity index (χ4v) is 0.866. The summed E-state index contributed by atoms with van der Waals surface area (Å²) in [5, 5.41) is 13.6. The van der Waals surface area contributed by atoms with Crippen molar-refractivity contribution in [2.45, 2.75) is 0 Å². The van der Waals surface area contributed by atoms with E-state index in [1.807, 2.05) is 0 Å². The Morgan fingerprint density at radius 1 is 1.85 bits per heavy atom. The number of imidazole rings is 1. The van der Waals surface area contributed by atoms with Gasteiger partial charge in [-0.1, -0.05) is 0 Å². The number of nitrogens with zero attached hydrogens (tertiary/aromatic N) is 4. The van der Waals surface area contributed by atoms with Gasteiger partial charge in [-0.15, -0.1) is 0 Å². The van der Waals surface area contributed by atoms with E-state index in [0.29, 0.717) is 0 Å². The molecule has 8 nitrogen and oxygen atoms in total. The molecule has 0 saturated carbocycles. The molecule has 0 aliphatic rings. The molecule has 1 aromatic heterocycles. The topological polar surface area (TPSA) is 125 Å². The molecule has 0 aliphatic heterocycles. The van der Waals surface area contributed by atoms with Gasteiger partial charge in [-0.2, -0.15) is 5.10 Å². The molecule has 0 aliphatic carbocycles. The minimum Gasteiger partial charge on any atom is -0.377 e. The minimum atomic E-state index is -0.569. The largest absolute Gasteiger partial charge is 0.377 e. The summed E-state index contributed by atoms with van der Waals surface area (Å²) < 4.78 is 1.20. The highest BCUT2D eigenvalue weighted by Crippen LogP contribution is 2.10. The predicted octanol–water partition coefficient (Wildman–Crippen LogP) is -1.09. The van der Waals surface area contributed by atoms with E-state index in [2.05, 4.69) is 10.1 Å². The Bertz CT molecular complexity index is 367. The van der Waals surface area contributed by atoms with Crippen LogP contribution in [-0.4, -0.2) is 20.3 Å². The standard InChI is InChI=1S/C5H8N6O2/c1-10-3(11(12)13)2-8-5(10)4(6)9-7/h2H,7H2,1H3,(H2,6,9). The number of amidine groups is 1. The summed E-state index contributed by atoms with van der Waals surface area (Å²) in [6.07, 6.45) is 1.09. The average molecular weight is 184 g/mol. The summed E-state index contributed by atoms with van der Waals surface area (Å²) in [5.74, 6) is 4.86. The van der Waals surface area contributed by atoms with Gasteiger partial charge in [-0.25, -0.2) is 9.55 Å². The van der Waals surface area contributed by atoms with E-state index in [9.17, 15) is 10.1 Å². The second-order valence-electron chi connectivity index (χ2n) is 2.27. The Balaban J connectivity index is 3.21. The summed E-state index contributed by atoms with van der Waals surface area (Å²) in [6.45, 7) is 0. The lowest BCUT2D eigenvalue weighted by atomic mass is 10.5. The van der Waals surface area contributed by atoms with Crippen LogP contribution in [0.25, 0.3) is 0 Å². The molecule has 70 valence electrons. The maximum absolute atomic E-state index is 10.4. The van der Waals surface area contributed by atoms with Crippen molar-refractivity contribution in [3.8, 4) is 0 Å². The van der Waals surface area contributed by atoms with E-state index in [1.165, 1.54) is 11.6 Å². The molecule has 0 radical (unpaired) electrons. The first-order valence-electron chi connectivity index (χ1n) is 3.27. The average Bonchev–Trinajstić information content (AvgIpc) is 2.46. The van der Waals surface area contributed by atoms with Gasteiger partial charge in [0.15, 0.2) is 0 Å². The van der Waals surface area contributed by atoms with E-state index in [1.54, 1.807) is 0 Å². The van der Waals surface area contributed by atoms with Crippen LogP contribution in [0.3, 0.4) is 0 Å². The molecule has 1 heterocycles. The van der Waals surface area contributed by atoms with Crippen molar-refractivity contribution in [2.24, 2.45) is 23.7 Å². The van der Waals surface area contributed by atoms with Gasteiger partial charge >= 0.3 is 5.82 Å². The molecule has 0 saturated heterocycles. The number of nitro groups is 1. The molecule has 0 bridgehead atoms. The maximum Gasteiger partial charge on any atom is 0.343 e. The molecule has 0 unspecified atom stereocenters. The molecule has 0 aromatic carbocycles. The van der Waals surface area contributed by atoms with Crippen molar-refractivity contribution < 1.29 is 4.92 Å². The summed E-state index contributed by atoms with van der Waals surface area (Å²) in [6, 6.07) is 0. The van der Waals surface area contributed by atoms with Crippen LogP contribution in [0.4, 0.5) is 5.82 Å². The monoisotopic (exact) mass is 184 g/mol. The Morgan fingerprint density at radius 3 is 2.85 bits per heavy atom. The summed E-state index contributed by atoms with van der Waals surface area (Å²) in [5.41, 5.74) is 5.33. The van der Waals surface area contributed by atoms with Crippen molar-refractivity contribution in [2.75, 3.05) is 0 Å². The first-order valence-corrected chi connectivity index (χ1v) is 3.27. The van der Waals surface area contributed by atoms with Crippen LogP contribution in [0.15, 0.2) is 11.3 Å². The molecule has 1 aromatic rings. The molecule has 8 heteroatoms. The molecular weight excluding hydrogens is 176 g/mol. The number of hydrazone groups is 1. The third-order valence-corrected chi connectivity index (χ3v) is 1.52. The zero-order valence-corrected chi connectivity index (χ0v) is 6.84. The summed E-state index contributed by atoms with van der Waals surface area (Å²) in [4.78, 5) is 13.5. The first kappa shape index (κ1) is 8.97. The Morgan fingerprint density at radius 2 is 2.46 bits per heavy atom. The van der Waals surface area contributed by atoms with Gasteiger partial charge < -0.3 is 21.7 Å². The lowest BCUT2D eigenvalue weighted by Gasteiger charge is -1.95. The molecule has 0 atom stereocenters. The van der Waals surface area contributed by atoms with Crippen LogP contribution >= 0.6 is 0 Å². The van der Waals surface area contributed by atoms with Gasteiger partial charge in [-0.05, 0) is 4.92 Å². The highest BCUT2D eigenvalue weighted by Gasteiger charge is 2.18. The lowest BCUT2D eigenvalue weighted by Crippen LogP contribution is -2.20. The zero-order chi connectivity index (χ0) is 10.0. The van der Waals surface area contributed by atoms with Gasteiger partial charge in [0.2, 0.25) is 5.84 Å². The molecule has 4 N–H and O–H groups in total. The minimum absolute atomic E-state index is 0.0457. The number of aromatic nitrogens is 2. The van der Waals surface area contributed by atoms with Crippen molar-refractivity contribution >= 4 is 11.7 Å². The van der Waals surface area contributed by atoms with Crippen LogP contribution < -0.4 is 11.6 Å². The van der Waals surface area contributed by atoms with Crippen molar-refractivity contribution in [1.29, 1.82) is 0 Å². The lowest BCUT2D eigenvalue weighted by molar-refractivity contribution is -0.391. The third kappa shape index (κ3) is 1.41. The first-order chi connectivity index (χ1) is 6.07. The molecule has 1 rings (SSSR count). The van der Waals surface area contributed by atoms with E-state index in [-0.39, 0.29) is 17.5 Å². The number of nitrogens with two attached hydrogens (primary N) is 2. The SMILES string of the molecule is Cn1c([N+](=O)[O-])cnc1/C(N)=N/N.